The summed E-state index contributed by atoms with van der Waals surface area (Å²) >= 11 is 6.22. The van der Waals surface area contributed by atoms with E-state index >= 15 is 0 Å². The summed E-state index contributed by atoms with van der Waals surface area (Å²) in [5.41, 5.74) is 5.94. The lowest BCUT2D eigenvalue weighted by atomic mass is 10.1. The van der Waals surface area contributed by atoms with Crippen LogP contribution in [0.3, 0.4) is 0 Å². The Balaban J connectivity index is 2.04. The number of halogens is 1. The molecule has 94 valence electrons. The summed E-state index contributed by atoms with van der Waals surface area (Å²) in [4.78, 5) is 6.83. The Kier molecular flexibility index (Phi) is 3.10. The molecular formula is C14H16ClN3. The van der Waals surface area contributed by atoms with Crippen LogP contribution in [0.2, 0.25) is 5.02 Å². The molecule has 2 aromatic rings. The maximum Gasteiger partial charge on any atom is 0.136 e. The quantitative estimate of drug-likeness (QED) is 0.858. The molecule has 3 rings (SSSR count). The van der Waals surface area contributed by atoms with Crippen LogP contribution in [-0.4, -0.2) is 24.1 Å². The molecule has 1 aromatic heterocycles. The minimum atomic E-state index is 0.333. The fraction of sp³-hybridized carbons (Fsp3) is 0.357. The van der Waals surface area contributed by atoms with E-state index in [-0.39, 0.29) is 0 Å². The van der Waals surface area contributed by atoms with Crippen molar-refractivity contribution in [2.24, 2.45) is 5.73 Å². The van der Waals surface area contributed by atoms with Crippen molar-refractivity contribution in [3.63, 3.8) is 0 Å². The lowest BCUT2D eigenvalue weighted by Crippen LogP contribution is -2.40. The number of benzene rings is 1. The SMILES string of the molecule is NC1CCN(c2nccc3c(Cl)cccc23)CC1. The molecule has 2 heterocycles. The van der Waals surface area contributed by atoms with Gasteiger partial charge in [0.15, 0.2) is 0 Å². The molecule has 1 saturated heterocycles. The zero-order chi connectivity index (χ0) is 12.5. The number of aromatic nitrogens is 1. The van der Waals surface area contributed by atoms with E-state index in [9.17, 15) is 0 Å². The summed E-state index contributed by atoms with van der Waals surface area (Å²) in [5, 5.41) is 2.98. The number of nitrogens with two attached hydrogens (primary N) is 1. The number of fused-ring (bicyclic) bond motifs is 1. The molecule has 0 radical (unpaired) electrons. The summed E-state index contributed by atoms with van der Waals surface area (Å²) in [7, 11) is 0. The van der Waals surface area contributed by atoms with Gasteiger partial charge < -0.3 is 10.6 Å². The molecule has 1 fully saturated rings. The molecule has 0 unspecified atom stereocenters. The number of anilines is 1. The first-order valence-corrected chi connectivity index (χ1v) is 6.67. The monoisotopic (exact) mass is 261 g/mol. The van der Waals surface area contributed by atoms with Crippen LogP contribution in [-0.2, 0) is 0 Å². The predicted molar refractivity (Wildman–Crippen MR) is 76.2 cm³/mol. The van der Waals surface area contributed by atoms with Crippen molar-refractivity contribution < 1.29 is 0 Å². The molecule has 0 aliphatic carbocycles. The summed E-state index contributed by atoms with van der Waals surface area (Å²) in [5.74, 6) is 1.03. The van der Waals surface area contributed by atoms with E-state index in [1.165, 1.54) is 0 Å². The summed E-state index contributed by atoms with van der Waals surface area (Å²) in [6.45, 7) is 1.94. The average molecular weight is 262 g/mol. The Morgan fingerprint density at radius 1 is 1.17 bits per heavy atom. The lowest BCUT2D eigenvalue weighted by molar-refractivity contribution is 0.499. The van der Waals surface area contributed by atoms with Crippen molar-refractivity contribution >= 4 is 28.2 Å². The van der Waals surface area contributed by atoms with Crippen molar-refractivity contribution in [3.8, 4) is 0 Å². The lowest BCUT2D eigenvalue weighted by Gasteiger charge is -2.31. The third-order valence-corrected chi connectivity index (χ3v) is 3.90. The highest BCUT2D eigenvalue weighted by molar-refractivity contribution is 6.35. The highest BCUT2D eigenvalue weighted by atomic mass is 35.5. The number of pyridine rings is 1. The first-order chi connectivity index (χ1) is 8.75. The van der Waals surface area contributed by atoms with Crippen LogP contribution in [0.15, 0.2) is 30.5 Å². The van der Waals surface area contributed by atoms with Crippen LogP contribution in [0.1, 0.15) is 12.8 Å². The van der Waals surface area contributed by atoms with Gasteiger partial charge in [-0.3, -0.25) is 0 Å². The fourth-order valence-corrected chi connectivity index (χ4v) is 2.75. The van der Waals surface area contributed by atoms with E-state index < -0.39 is 0 Å². The Morgan fingerprint density at radius 2 is 1.94 bits per heavy atom. The summed E-state index contributed by atoms with van der Waals surface area (Å²) < 4.78 is 0. The normalized spacial score (nSPS) is 17.3. The topological polar surface area (TPSA) is 42.1 Å². The fourth-order valence-electron chi connectivity index (χ4n) is 2.52. The smallest absolute Gasteiger partial charge is 0.136 e. The largest absolute Gasteiger partial charge is 0.356 e. The Bertz CT molecular complexity index is 562. The summed E-state index contributed by atoms with van der Waals surface area (Å²) in [6, 6.07) is 8.28. The van der Waals surface area contributed by atoms with Crippen molar-refractivity contribution in [2.45, 2.75) is 18.9 Å². The minimum Gasteiger partial charge on any atom is -0.356 e. The van der Waals surface area contributed by atoms with Crippen LogP contribution in [0.4, 0.5) is 5.82 Å². The second-order valence-corrected chi connectivity index (χ2v) is 5.20. The van der Waals surface area contributed by atoms with E-state index in [2.05, 4.69) is 16.0 Å². The van der Waals surface area contributed by atoms with Gasteiger partial charge >= 0.3 is 0 Å². The number of hydrogen-bond acceptors (Lipinski definition) is 3. The highest BCUT2D eigenvalue weighted by Crippen LogP contribution is 2.30. The van der Waals surface area contributed by atoms with Crippen molar-refractivity contribution in [1.29, 1.82) is 0 Å². The molecule has 1 aliphatic rings. The highest BCUT2D eigenvalue weighted by Gasteiger charge is 2.19. The third-order valence-electron chi connectivity index (χ3n) is 3.57. The summed E-state index contributed by atoms with van der Waals surface area (Å²) in [6.07, 6.45) is 3.88. The number of rotatable bonds is 1. The number of piperidine rings is 1. The molecule has 0 spiro atoms. The van der Waals surface area contributed by atoms with Gasteiger partial charge in [0.05, 0.1) is 0 Å². The van der Waals surface area contributed by atoms with Crippen LogP contribution < -0.4 is 10.6 Å². The molecule has 1 aliphatic heterocycles. The average Bonchev–Trinajstić information content (AvgIpc) is 2.40. The van der Waals surface area contributed by atoms with Gasteiger partial charge in [0.1, 0.15) is 5.82 Å². The number of nitrogens with zero attached hydrogens (tertiary/aromatic N) is 2. The van der Waals surface area contributed by atoms with E-state index in [0.717, 1.165) is 47.5 Å². The first kappa shape index (κ1) is 11.8. The Hall–Kier alpha value is -1.32. The van der Waals surface area contributed by atoms with Gasteiger partial charge in [0, 0.05) is 41.1 Å². The maximum atomic E-state index is 6.22. The third kappa shape index (κ3) is 2.04. The van der Waals surface area contributed by atoms with Gasteiger partial charge in [-0.15, -0.1) is 0 Å². The Labute approximate surface area is 112 Å². The van der Waals surface area contributed by atoms with Crippen molar-refractivity contribution in [1.82, 2.24) is 4.98 Å². The molecule has 2 N–H and O–H groups in total. The molecule has 0 bridgehead atoms. The zero-order valence-corrected chi connectivity index (χ0v) is 10.9. The molecule has 0 amide bonds. The molecular weight excluding hydrogens is 246 g/mol. The molecule has 0 saturated carbocycles. The first-order valence-electron chi connectivity index (χ1n) is 6.29. The van der Waals surface area contributed by atoms with Gasteiger partial charge in [-0.2, -0.15) is 0 Å². The van der Waals surface area contributed by atoms with E-state index in [1.54, 1.807) is 0 Å². The zero-order valence-electron chi connectivity index (χ0n) is 10.1. The second kappa shape index (κ2) is 4.75. The van der Waals surface area contributed by atoms with Crippen molar-refractivity contribution in [2.75, 3.05) is 18.0 Å². The van der Waals surface area contributed by atoms with Crippen LogP contribution in [0.5, 0.6) is 0 Å². The molecule has 4 heteroatoms. The van der Waals surface area contributed by atoms with Crippen molar-refractivity contribution in [3.05, 3.63) is 35.5 Å². The predicted octanol–water partition coefficient (Wildman–Crippen LogP) is 2.82. The standard InChI is InChI=1S/C14H16ClN3/c15-13-3-1-2-12-11(13)4-7-17-14(12)18-8-5-10(16)6-9-18/h1-4,7,10H,5-6,8-9,16H2. The van der Waals surface area contributed by atoms with E-state index in [0.29, 0.717) is 6.04 Å². The van der Waals surface area contributed by atoms with Crippen LogP contribution in [0.25, 0.3) is 10.8 Å². The second-order valence-electron chi connectivity index (χ2n) is 4.79. The van der Waals surface area contributed by atoms with Gasteiger partial charge in [-0.25, -0.2) is 4.98 Å². The van der Waals surface area contributed by atoms with E-state index in [4.69, 9.17) is 17.3 Å². The van der Waals surface area contributed by atoms with E-state index in [1.807, 2.05) is 24.4 Å². The van der Waals surface area contributed by atoms with Gasteiger partial charge in [-0.1, -0.05) is 23.7 Å². The maximum absolute atomic E-state index is 6.22. The van der Waals surface area contributed by atoms with Gasteiger partial charge in [-0.05, 0) is 25.0 Å². The molecule has 18 heavy (non-hydrogen) atoms. The van der Waals surface area contributed by atoms with Gasteiger partial charge in [0.25, 0.3) is 0 Å². The molecule has 0 atom stereocenters. The Morgan fingerprint density at radius 3 is 2.72 bits per heavy atom. The van der Waals surface area contributed by atoms with Crippen LogP contribution in [0, 0.1) is 0 Å². The van der Waals surface area contributed by atoms with Gasteiger partial charge in [0.2, 0.25) is 0 Å². The number of hydrogen-bond donors (Lipinski definition) is 1. The minimum absolute atomic E-state index is 0.333. The molecule has 3 nitrogen and oxygen atoms in total. The van der Waals surface area contributed by atoms with Crippen LogP contribution >= 0.6 is 11.6 Å². The molecule has 1 aromatic carbocycles.